The summed E-state index contributed by atoms with van der Waals surface area (Å²) in [7, 11) is 1.44. The largest absolute Gasteiger partial charge is 0.504 e. The lowest BCUT2D eigenvalue weighted by atomic mass is 10.2. The number of rotatable bonds is 7. The average Bonchev–Trinajstić information content (AvgIpc) is 2.48. The normalized spacial score (nSPS) is 10.0. The first-order chi connectivity index (χ1) is 10.0. The predicted octanol–water partition coefficient (Wildman–Crippen LogP) is 1.39. The van der Waals surface area contributed by atoms with Crippen LogP contribution >= 0.6 is 0 Å². The average molecular weight is 294 g/mol. The molecule has 0 aliphatic rings. The maximum atomic E-state index is 11.9. The van der Waals surface area contributed by atoms with Gasteiger partial charge in [-0.15, -0.1) is 0 Å². The number of amides is 2. The summed E-state index contributed by atoms with van der Waals surface area (Å²) < 4.78 is 4.91. The molecule has 116 valence electrons. The SMILES string of the molecule is CCN(CC)C(=O)CCNC(=O)c1ccc(OC)c(O)c1. The van der Waals surface area contributed by atoms with Crippen molar-refractivity contribution in [3.05, 3.63) is 23.8 Å². The lowest BCUT2D eigenvalue weighted by Crippen LogP contribution is -2.34. The fraction of sp³-hybridized carbons (Fsp3) is 0.467. The smallest absolute Gasteiger partial charge is 0.251 e. The summed E-state index contributed by atoms with van der Waals surface area (Å²) in [5.41, 5.74) is 0.323. The van der Waals surface area contributed by atoms with E-state index in [0.29, 0.717) is 24.4 Å². The van der Waals surface area contributed by atoms with Crippen molar-refractivity contribution in [2.24, 2.45) is 0 Å². The zero-order valence-electron chi connectivity index (χ0n) is 12.7. The van der Waals surface area contributed by atoms with Gasteiger partial charge in [0.2, 0.25) is 5.91 Å². The first-order valence-corrected chi connectivity index (χ1v) is 6.96. The maximum absolute atomic E-state index is 11.9. The van der Waals surface area contributed by atoms with Gasteiger partial charge in [0.1, 0.15) is 0 Å². The number of ether oxygens (including phenoxy) is 1. The van der Waals surface area contributed by atoms with Gasteiger partial charge in [-0.05, 0) is 32.0 Å². The van der Waals surface area contributed by atoms with Crippen LogP contribution in [0.1, 0.15) is 30.6 Å². The number of carbonyl (C=O) groups is 2. The van der Waals surface area contributed by atoms with Gasteiger partial charge in [-0.25, -0.2) is 0 Å². The highest BCUT2D eigenvalue weighted by Gasteiger charge is 2.12. The maximum Gasteiger partial charge on any atom is 0.251 e. The van der Waals surface area contributed by atoms with E-state index >= 15 is 0 Å². The van der Waals surface area contributed by atoms with Crippen LogP contribution in [0.5, 0.6) is 11.5 Å². The zero-order chi connectivity index (χ0) is 15.8. The standard InChI is InChI=1S/C15H22N2O4/c1-4-17(5-2)14(19)8-9-16-15(20)11-6-7-13(21-3)12(18)10-11/h6-7,10,18H,4-5,8-9H2,1-3H3,(H,16,20). The van der Waals surface area contributed by atoms with Crippen molar-refractivity contribution >= 4 is 11.8 Å². The molecule has 6 nitrogen and oxygen atoms in total. The Hall–Kier alpha value is -2.24. The first-order valence-electron chi connectivity index (χ1n) is 6.96. The molecule has 6 heteroatoms. The predicted molar refractivity (Wildman–Crippen MR) is 79.5 cm³/mol. The molecule has 1 aromatic carbocycles. The van der Waals surface area contributed by atoms with E-state index in [-0.39, 0.29) is 30.5 Å². The van der Waals surface area contributed by atoms with Crippen molar-refractivity contribution in [1.29, 1.82) is 0 Å². The summed E-state index contributed by atoms with van der Waals surface area (Å²) in [6.07, 6.45) is 0.259. The van der Waals surface area contributed by atoms with Crippen LogP contribution in [-0.4, -0.2) is 48.6 Å². The topological polar surface area (TPSA) is 78.9 Å². The fourth-order valence-corrected chi connectivity index (χ4v) is 1.95. The fourth-order valence-electron chi connectivity index (χ4n) is 1.95. The van der Waals surface area contributed by atoms with Crippen molar-refractivity contribution < 1.29 is 19.4 Å². The van der Waals surface area contributed by atoms with Crippen LogP contribution in [0.4, 0.5) is 0 Å². The Labute approximate surface area is 124 Å². The van der Waals surface area contributed by atoms with E-state index in [2.05, 4.69) is 5.32 Å². The van der Waals surface area contributed by atoms with Gasteiger partial charge >= 0.3 is 0 Å². The molecule has 0 spiro atoms. The second-order valence-corrected chi connectivity index (χ2v) is 4.46. The van der Waals surface area contributed by atoms with E-state index < -0.39 is 0 Å². The molecule has 2 amide bonds. The molecule has 0 saturated heterocycles. The highest BCUT2D eigenvalue weighted by molar-refractivity contribution is 5.95. The number of benzene rings is 1. The van der Waals surface area contributed by atoms with E-state index in [0.717, 1.165) is 0 Å². The van der Waals surface area contributed by atoms with Gasteiger partial charge in [0, 0.05) is 31.6 Å². The molecular formula is C15H22N2O4. The third-order valence-corrected chi connectivity index (χ3v) is 3.18. The molecule has 0 aliphatic carbocycles. The molecule has 0 radical (unpaired) electrons. The van der Waals surface area contributed by atoms with Crippen LogP contribution in [0.2, 0.25) is 0 Å². The molecule has 0 aliphatic heterocycles. The molecule has 0 unspecified atom stereocenters. The van der Waals surface area contributed by atoms with E-state index in [1.165, 1.54) is 19.2 Å². The number of aromatic hydroxyl groups is 1. The van der Waals surface area contributed by atoms with Crippen molar-refractivity contribution in [3.8, 4) is 11.5 Å². The minimum absolute atomic E-state index is 0.0119. The Morgan fingerprint density at radius 3 is 2.48 bits per heavy atom. The monoisotopic (exact) mass is 294 g/mol. The van der Waals surface area contributed by atoms with Crippen molar-refractivity contribution in [3.63, 3.8) is 0 Å². The van der Waals surface area contributed by atoms with Crippen molar-refractivity contribution in [2.45, 2.75) is 20.3 Å². The molecule has 0 aromatic heterocycles. The van der Waals surface area contributed by atoms with Gasteiger partial charge in [-0.1, -0.05) is 0 Å². The van der Waals surface area contributed by atoms with Gasteiger partial charge in [0.25, 0.3) is 5.91 Å². The molecule has 0 saturated carbocycles. The number of nitrogens with zero attached hydrogens (tertiary/aromatic N) is 1. The van der Waals surface area contributed by atoms with Crippen molar-refractivity contribution in [1.82, 2.24) is 10.2 Å². The molecule has 1 rings (SSSR count). The Bertz CT molecular complexity index is 498. The summed E-state index contributed by atoms with van der Waals surface area (Å²) in [5, 5.41) is 12.3. The molecule has 0 heterocycles. The first kappa shape index (κ1) is 16.8. The summed E-state index contributed by atoms with van der Waals surface area (Å²) in [6, 6.07) is 4.41. The lowest BCUT2D eigenvalue weighted by molar-refractivity contribution is -0.130. The second-order valence-electron chi connectivity index (χ2n) is 4.46. The number of phenols is 1. The third kappa shape index (κ3) is 4.66. The summed E-state index contributed by atoms with van der Waals surface area (Å²) in [6.45, 7) is 5.42. The van der Waals surface area contributed by atoms with Gasteiger partial charge in [-0.3, -0.25) is 9.59 Å². The van der Waals surface area contributed by atoms with E-state index in [1.54, 1.807) is 11.0 Å². The Morgan fingerprint density at radius 2 is 1.95 bits per heavy atom. The van der Waals surface area contributed by atoms with Crippen LogP contribution in [0.15, 0.2) is 18.2 Å². The van der Waals surface area contributed by atoms with Crippen molar-refractivity contribution in [2.75, 3.05) is 26.7 Å². The number of phenolic OH excluding ortho intramolecular Hbond substituents is 1. The molecule has 21 heavy (non-hydrogen) atoms. The van der Waals surface area contributed by atoms with Crippen LogP contribution in [0.25, 0.3) is 0 Å². The number of methoxy groups -OCH3 is 1. The molecule has 1 aromatic rings. The summed E-state index contributed by atoms with van der Waals surface area (Å²) in [4.78, 5) is 25.4. The summed E-state index contributed by atoms with van der Waals surface area (Å²) in [5.74, 6) is -0.106. The minimum Gasteiger partial charge on any atom is -0.504 e. The quantitative estimate of drug-likeness (QED) is 0.796. The molecule has 0 bridgehead atoms. The molecule has 0 fully saturated rings. The number of carbonyl (C=O) groups excluding carboxylic acids is 2. The van der Waals surface area contributed by atoms with Crippen LogP contribution in [-0.2, 0) is 4.79 Å². The van der Waals surface area contributed by atoms with Crippen LogP contribution in [0.3, 0.4) is 0 Å². The zero-order valence-corrected chi connectivity index (χ0v) is 12.7. The van der Waals surface area contributed by atoms with Gasteiger partial charge in [0.15, 0.2) is 11.5 Å². The second kappa shape index (κ2) is 8.14. The van der Waals surface area contributed by atoms with E-state index in [4.69, 9.17) is 4.74 Å². The molecule has 0 atom stereocenters. The van der Waals surface area contributed by atoms with Gasteiger partial charge < -0.3 is 20.1 Å². The number of nitrogens with one attached hydrogen (secondary N) is 1. The van der Waals surface area contributed by atoms with E-state index in [1.807, 2.05) is 13.8 Å². The molecule has 2 N–H and O–H groups in total. The summed E-state index contributed by atoms with van der Waals surface area (Å²) >= 11 is 0. The van der Waals surface area contributed by atoms with E-state index in [9.17, 15) is 14.7 Å². The highest BCUT2D eigenvalue weighted by atomic mass is 16.5. The Balaban J connectivity index is 2.51. The third-order valence-electron chi connectivity index (χ3n) is 3.18. The van der Waals surface area contributed by atoms with Crippen LogP contribution < -0.4 is 10.1 Å². The molecular weight excluding hydrogens is 272 g/mol. The van der Waals surface area contributed by atoms with Gasteiger partial charge in [-0.2, -0.15) is 0 Å². The number of hydrogen-bond donors (Lipinski definition) is 2. The minimum atomic E-state index is -0.333. The Kier molecular flexibility index (Phi) is 6.52. The number of hydrogen-bond acceptors (Lipinski definition) is 4. The lowest BCUT2D eigenvalue weighted by Gasteiger charge is -2.18. The Morgan fingerprint density at radius 1 is 1.29 bits per heavy atom. The van der Waals surface area contributed by atoms with Crippen LogP contribution in [0, 0.1) is 0 Å². The highest BCUT2D eigenvalue weighted by Crippen LogP contribution is 2.25. The van der Waals surface area contributed by atoms with Gasteiger partial charge in [0.05, 0.1) is 7.11 Å².